The quantitative estimate of drug-likeness (QED) is 0.904. The second-order valence-electron chi connectivity index (χ2n) is 5.25. The molecule has 0 saturated carbocycles. The molecule has 2 heterocycles. The number of aromatic nitrogens is 2. The van der Waals surface area contributed by atoms with Crippen molar-refractivity contribution in [2.75, 3.05) is 25.4 Å². The third-order valence-electron chi connectivity index (χ3n) is 3.31. The van der Waals surface area contributed by atoms with Gasteiger partial charge >= 0.3 is 0 Å². The first-order valence-corrected chi connectivity index (χ1v) is 6.66. The number of nitrogen functional groups attached to an aromatic ring is 1. The van der Waals surface area contributed by atoms with Crippen molar-refractivity contribution < 1.29 is 0 Å². The van der Waals surface area contributed by atoms with Crippen LogP contribution in [0, 0.1) is 5.92 Å². The van der Waals surface area contributed by atoms with E-state index in [4.69, 9.17) is 17.3 Å². The van der Waals surface area contributed by atoms with Gasteiger partial charge in [-0.2, -0.15) is 5.10 Å². The molecule has 1 saturated heterocycles. The molecule has 2 N–H and O–H groups in total. The van der Waals surface area contributed by atoms with Crippen molar-refractivity contribution in [3.63, 3.8) is 0 Å². The van der Waals surface area contributed by atoms with Gasteiger partial charge in [0, 0.05) is 19.6 Å². The minimum Gasteiger partial charge on any atom is -0.383 e. The van der Waals surface area contributed by atoms with Gasteiger partial charge in [-0.25, -0.2) is 4.68 Å². The summed E-state index contributed by atoms with van der Waals surface area (Å²) in [4.78, 5) is 2.52. The molecule has 2 rings (SSSR count). The lowest BCUT2D eigenvalue weighted by atomic mass is 10.0. The fraction of sp³-hybridized carbons (Fsp3) is 0.750. The number of anilines is 1. The monoisotopic (exact) mass is 256 g/mol. The van der Waals surface area contributed by atoms with Crippen molar-refractivity contribution in [2.24, 2.45) is 5.92 Å². The summed E-state index contributed by atoms with van der Waals surface area (Å²) in [6, 6.07) is 0.408. The predicted octanol–water partition coefficient (Wildman–Crippen LogP) is 2.41. The average Bonchev–Trinajstić information content (AvgIpc) is 2.60. The van der Waals surface area contributed by atoms with Crippen LogP contribution in [0.1, 0.15) is 32.7 Å². The van der Waals surface area contributed by atoms with Gasteiger partial charge in [-0.05, 0) is 18.8 Å². The summed E-state index contributed by atoms with van der Waals surface area (Å²) >= 11 is 5.93. The van der Waals surface area contributed by atoms with E-state index in [2.05, 4.69) is 23.8 Å². The zero-order chi connectivity index (χ0) is 12.4. The van der Waals surface area contributed by atoms with Crippen molar-refractivity contribution in [1.82, 2.24) is 14.7 Å². The van der Waals surface area contributed by atoms with Crippen LogP contribution < -0.4 is 5.73 Å². The van der Waals surface area contributed by atoms with Crippen LogP contribution in [0.5, 0.6) is 0 Å². The van der Waals surface area contributed by atoms with E-state index in [1.165, 1.54) is 6.54 Å². The molecule has 1 aromatic heterocycles. The number of hydrogen-bond acceptors (Lipinski definition) is 3. The molecule has 1 fully saturated rings. The van der Waals surface area contributed by atoms with Gasteiger partial charge in [0.05, 0.1) is 12.2 Å². The molecule has 0 aliphatic carbocycles. The zero-order valence-corrected chi connectivity index (χ0v) is 11.3. The Morgan fingerprint density at radius 3 is 2.59 bits per heavy atom. The first-order valence-electron chi connectivity index (χ1n) is 6.28. The second kappa shape index (κ2) is 5.27. The number of rotatable bonds is 3. The van der Waals surface area contributed by atoms with E-state index < -0.39 is 0 Å². The fourth-order valence-electron chi connectivity index (χ4n) is 2.50. The molecule has 1 aliphatic heterocycles. The summed E-state index contributed by atoms with van der Waals surface area (Å²) in [6.07, 6.45) is 3.85. The third-order valence-corrected chi connectivity index (χ3v) is 3.60. The molecular formula is C12H21ClN4. The summed E-state index contributed by atoms with van der Waals surface area (Å²) in [5.41, 5.74) is 5.90. The van der Waals surface area contributed by atoms with Crippen LogP contribution >= 0.6 is 11.6 Å². The largest absolute Gasteiger partial charge is 0.383 e. The van der Waals surface area contributed by atoms with Gasteiger partial charge in [0.1, 0.15) is 10.8 Å². The molecule has 0 bridgehead atoms. The van der Waals surface area contributed by atoms with Crippen molar-refractivity contribution in [3.8, 4) is 0 Å². The van der Waals surface area contributed by atoms with E-state index in [1.54, 1.807) is 6.20 Å². The first-order chi connectivity index (χ1) is 8.08. The molecule has 1 aliphatic rings. The summed E-state index contributed by atoms with van der Waals surface area (Å²) < 4.78 is 1.88. The highest BCUT2D eigenvalue weighted by Gasteiger charge is 2.23. The van der Waals surface area contributed by atoms with Gasteiger partial charge < -0.3 is 10.6 Å². The summed E-state index contributed by atoms with van der Waals surface area (Å²) in [5.74, 6) is 1.34. The SMILES string of the molecule is CC(C)CN1CCC(n2ncc(Cl)c2N)CC1. The average molecular weight is 257 g/mol. The van der Waals surface area contributed by atoms with Crippen LogP contribution in [0.15, 0.2) is 6.20 Å². The van der Waals surface area contributed by atoms with Gasteiger partial charge in [0.15, 0.2) is 0 Å². The number of likely N-dealkylation sites (tertiary alicyclic amines) is 1. The van der Waals surface area contributed by atoms with Gasteiger partial charge in [0.2, 0.25) is 0 Å². The number of hydrogen-bond donors (Lipinski definition) is 1. The Morgan fingerprint density at radius 1 is 1.47 bits per heavy atom. The Bertz CT molecular complexity index is 367. The highest BCUT2D eigenvalue weighted by molar-refractivity contribution is 6.32. The van der Waals surface area contributed by atoms with E-state index in [-0.39, 0.29) is 0 Å². The molecule has 4 nitrogen and oxygen atoms in total. The lowest BCUT2D eigenvalue weighted by molar-refractivity contribution is 0.165. The van der Waals surface area contributed by atoms with Crippen LogP contribution in [-0.4, -0.2) is 34.3 Å². The second-order valence-corrected chi connectivity index (χ2v) is 5.66. The molecule has 0 aromatic carbocycles. The van der Waals surface area contributed by atoms with Crippen LogP contribution in [0.4, 0.5) is 5.82 Å². The molecule has 0 atom stereocenters. The van der Waals surface area contributed by atoms with Crippen molar-refractivity contribution >= 4 is 17.4 Å². The summed E-state index contributed by atoms with van der Waals surface area (Å²) in [5, 5.41) is 4.83. The van der Waals surface area contributed by atoms with Crippen LogP contribution in [0.3, 0.4) is 0 Å². The van der Waals surface area contributed by atoms with Gasteiger partial charge in [-0.1, -0.05) is 25.4 Å². The minimum atomic E-state index is 0.408. The Morgan fingerprint density at radius 2 is 2.12 bits per heavy atom. The summed E-state index contributed by atoms with van der Waals surface area (Å²) in [7, 11) is 0. The van der Waals surface area contributed by atoms with E-state index in [1.807, 2.05) is 4.68 Å². The smallest absolute Gasteiger partial charge is 0.140 e. The van der Waals surface area contributed by atoms with Gasteiger partial charge in [-0.15, -0.1) is 0 Å². The maximum absolute atomic E-state index is 5.93. The normalized spacial score (nSPS) is 19.1. The number of nitrogens with two attached hydrogens (primary N) is 1. The molecule has 1 aromatic rings. The standard InChI is InChI=1S/C12H21ClN4/c1-9(2)8-16-5-3-10(4-6-16)17-12(14)11(13)7-15-17/h7,9-10H,3-6,8,14H2,1-2H3. The fourth-order valence-corrected chi connectivity index (χ4v) is 2.63. The lowest BCUT2D eigenvalue weighted by Gasteiger charge is -2.33. The lowest BCUT2D eigenvalue weighted by Crippen LogP contribution is -2.37. The zero-order valence-electron chi connectivity index (χ0n) is 10.6. The van der Waals surface area contributed by atoms with E-state index >= 15 is 0 Å². The molecule has 0 amide bonds. The first kappa shape index (κ1) is 12.7. The number of nitrogens with zero attached hydrogens (tertiary/aromatic N) is 3. The Hall–Kier alpha value is -0.740. The van der Waals surface area contributed by atoms with E-state index in [9.17, 15) is 0 Å². The Balaban J connectivity index is 1.93. The number of halogens is 1. The van der Waals surface area contributed by atoms with Gasteiger partial charge in [0.25, 0.3) is 0 Å². The van der Waals surface area contributed by atoms with Crippen molar-refractivity contribution in [1.29, 1.82) is 0 Å². The highest BCUT2D eigenvalue weighted by atomic mass is 35.5. The van der Waals surface area contributed by atoms with E-state index in [0.29, 0.717) is 16.9 Å². The van der Waals surface area contributed by atoms with Crippen LogP contribution in [0.2, 0.25) is 5.02 Å². The van der Waals surface area contributed by atoms with Gasteiger partial charge in [-0.3, -0.25) is 0 Å². The van der Waals surface area contributed by atoms with Crippen molar-refractivity contribution in [3.05, 3.63) is 11.2 Å². The Labute approximate surface area is 108 Å². The molecule has 5 heteroatoms. The maximum Gasteiger partial charge on any atom is 0.140 e. The number of piperidine rings is 1. The predicted molar refractivity (Wildman–Crippen MR) is 71.2 cm³/mol. The van der Waals surface area contributed by atoms with Crippen molar-refractivity contribution in [2.45, 2.75) is 32.7 Å². The third kappa shape index (κ3) is 2.93. The molecule has 0 unspecified atom stereocenters. The highest BCUT2D eigenvalue weighted by Crippen LogP contribution is 2.28. The topological polar surface area (TPSA) is 47.1 Å². The maximum atomic E-state index is 5.93. The molecule has 0 radical (unpaired) electrons. The summed E-state index contributed by atoms with van der Waals surface area (Å²) in [6.45, 7) is 7.95. The molecule has 17 heavy (non-hydrogen) atoms. The Kier molecular flexibility index (Phi) is 3.94. The molecule has 96 valence electrons. The van der Waals surface area contributed by atoms with Crippen LogP contribution in [0.25, 0.3) is 0 Å². The molecular weight excluding hydrogens is 236 g/mol. The minimum absolute atomic E-state index is 0.408. The molecule has 0 spiro atoms. The van der Waals surface area contributed by atoms with E-state index in [0.717, 1.165) is 31.8 Å². The van der Waals surface area contributed by atoms with Crippen LogP contribution in [-0.2, 0) is 0 Å².